The molecule has 2 saturated heterocycles. The maximum atomic E-state index is 11.4. The molecule has 138 valence electrons. The van der Waals surface area contributed by atoms with E-state index in [4.69, 9.17) is 14.2 Å². The predicted octanol–water partition coefficient (Wildman–Crippen LogP) is -0.331. The van der Waals surface area contributed by atoms with E-state index in [1.807, 2.05) is 0 Å². The lowest BCUT2D eigenvalue weighted by Gasteiger charge is -2.54. The van der Waals surface area contributed by atoms with Crippen LogP contribution < -0.4 is 0 Å². The van der Waals surface area contributed by atoms with Crippen LogP contribution in [0, 0.1) is 11.8 Å². The molecule has 0 bridgehead atoms. The van der Waals surface area contributed by atoms with Crippen molar-refractivity contribution in [1.82, 2.24) is 0 Å². The number of ether oxygens (including phenoxy) is 3. The van der Waals surface area contributed by atoms with E-state index in [-0.39, 0.29) is 6.42 Å². The van der Waals surface area contributed by atoms with E-state index in [1.54, 1.807) is 20.8 Å². The number of carbonyl (C=O) groups is 1. The first-order valence-corrected chi connectivity index (χ1v) is 8.24. The first kappa shape index (κ1) is 18.4. The van der Waals surface area contributed by atoms with E-state index < -0.39 is 53.3 Å². The van der Waals surface area contributed by atoms with Gasteiger partial charge in [-0.2, -0.15) is 0 Å². The van der Waals surface area contributed by atoms with Gasteiger partial charge in [-0.1, -0.05) is 18.4 Å². The predicted molar refractivity (Wildman–Crippen MR) is 86.3 cm³/mol. The first-order valence-electron chi connectivity index (χ1n) is 8.24. The minimum Gasteiger partial charge on any atom is -0.459 e. The molecule has 1 aliphatic carbocycles. The van der Waals surface area contributed by atoms with Gasteiger partial charge < -0.3 is 29.5 Å². The highest BCUT2D eigenvalue weighted by Gasteiger charge is 2.78. The SMILES string of the molecule is C=C(C)C#CC12OC1C1OC(C)(C)C(OC(C)=O)CC1(O)C(O)C2O. The highest BCUT2D eigenvalue weighted by Crippen LogP contribution is 2.56. The number of esters is 1. The van der Waals surface area contributed by atoms with Crippen LogP contribution in [0.25, 0.3) is 0 Å². The lowest BCUT2D eigenvalue weighted by Crippen LogP contribution is -2.73. The summed E-state index contributed by atoms with van der Waals surface area (Å²) >= 11 is 0. The highest BCUT2D eigenvalue weighted by molar-refractivity contribution is 5.66. The molecular weight excluding hydrogens is 328 g/mol. The third-order valence-corrected chi connectivity index (χ3v) is 5.20. The van der Waals surface area contributed by atoms with Crippen LogP contribution in [0.15, 0.2) is 12.2 Å². The zero-order chi connectivity index (χ0) is 18.8. The molecule has 0 aromatic rings. The van der Waals surface area contributed by atoms with Crippen LogP contribution in [0.3, 0.4) is 0 Å². The van der Waals surface area contributed by atoms with Gasteiger partial charge in [0.25, 0.3) is 0 Å². The second-order valence-corrected chi connectivity index (χ2v) is 7.69. The quantitative estimate of drug-likeness (QED) is 0.337. The summed E-state index contributed by atoms with van der Waals surface area (Å²) in [4.78, 5) is 11.4. The summed E-state index contributed by atoms with van der Waals surface area (Å²) in [7, 11) is 0. The fourth-order valence-electron chi connectivity index (χ4n) is 3.75. The van der Waals surface area contributed by atoms with Crippen molar-refractivity contribution in [2.24, 2.45) is 0 Å². The standard InChI is InChI=1S/C18H24O7/c1-9(2)6-7-18-13(21)12(20)17(22)8-11(23-10(3)19)16(4,5)24-14(17)15(18)25-18/h11-15,20-22H,1,8H2,2-5H3. The summed E-state index contributed by atoms with van der Waals surface area (Å²) in [6, 6.07) is 0. The van der Waals surface area contributed by atoms with Gasteiger partial charge in [0, 0.05) is 13.3 Å². The molecule has 3 fully saturated rings. The number of allylic oxidation sites excluding steroid dienone is 1. The molecule has 7 atom stereocenters. The number of aliphatic hydroxyl groups excluding tert-OH is 2. The summed E-state index contributed by atoms with van der Waals surface area (Å²) in [6.07, 6.45) is -5.45. The Labute approximate surface area is 146 Å². The minimum absolute atomic E-state index is 0.0771. The Hall–Kier alpha value is -1.43. The normalized spacial score (nSPS) is 46.8. The van der Waals surface area contributed by atoms with Crippen molar-refractivity contribution in [3.63, 3.8) is 0 Å². The number of rotatable bonds is 1. The van der Waals surface area contributed by atoms with Crippen molar-refractivity contribution in [3.05, 3.63) is 12.2 Å². The van der Waals surface area contributed by atoms with Crippen LogP contribution in [0.4, 0.5) is 0 Å². The third kappa shape index (κ3) is 2.69. The molecule has 3 N–H and O–H groups in total. The van der Waals surface area contributed by atoms with Gasteiger partial charge in [-0.05, 0) is 26.3 Å². The number of hydrogen-bond donors (Lipinski definition) is 3. The molecule has 25 heavy (non-hydrogen) atoms. The summed E-state index contributed by atoms with van der Waals surface area (Å²) in [6.45, 7) is 10.1. The molecule has 0 radical (unpaired) electrons. The van der Waals surface area contributed by atoms with E-state index in [1.165, 1.54) is 6.92 Å². The van der Waals surface area contributed by atoms with Crippen LogP contribution in [0.1, 0.15) is 34.1 Å². The lowest BCUT2D eigenvalue weighted by molar-refractivity contribution is -0.297. The van der Waals surface area contributed by atoms with Gasteiger partial charge in [0.15, 0.2) is 5.60 Å². The Kier molecular flexibility index (Phi) is 4.06. The zero-order valence-corrected chi connectivity index (χ0v) is 14.8. The molecular formula is C18H24O7. The Bertz CT molecular complexity index is 675. The summed E-state index contributed by atoms with van der Waals surface area (Å²) in [5, 5.41) is 32.2. The fourth-order valence-corrected chi connectivity index (χ4v) is 3.75. The molecule has 0 aromatic carbocycles. The third-order valence-electron chi connectivity index (χ3n) is 5.20. The van der Waals surface area contributed by atoms with Crippen LogP contribution in [0.5, 0.6) is 0 Å². The van der Waals surface area contributed by atoms with Crippen LogP contribution in [-0.4, -0.2) is 68.6 Å². The molecule has 7 heteroatoms. The van der Waals surface area contributed by atoms with Crippen molar-refractivity contribution in [1.29, 1.82) is 0 Å². The van der Waals surface area contributed by atoms with Crippen LogP contribution in [0.2, 0.25) is 0 Å². The van der Waals surface area contributed by atoms with E-state index in [0.717, 1.165) is 0 Å². The van der Waals surface area contributed by atoms with Crippen molar-refractivity contribution in [3.8, 4) is 11.8 Å². The van der Waals surface area contributed by atoms with E-state index in [9.17, 15) is 20.1 Å². The number of hydrogen-bond acceptors (Lipinski definition) is 7. The lowest BCUT2D eigenvalue weighted by atomic mass is 9.67. The minimum atomic E-state index is -1.81. The van der Waals surface area contributed by atoms with Gasteiger partial charge in [0.2, 0.25) is 0 Å². The van der Waals surface area contributed by atoms with E-state index in [2.05, 4.69) is 18.4 Å². The van der Waals surface area contributed by atoms with Gasteiger partial charge in [0.05, 0.1) is 0 Å². The monoisotopic (exact) mass is 352 g/mol. The van der Waals surface area contributed by atoms with Crippen molar-refractivity contribution in [2.75, 3.05) is 0 Å². The van der Waals surface area contributed by atoms with Gasteiger partial charge >= 0.3 is 5.97 Å². The Morgan fingerprint density at radius 3 is 2.40 bits per heavy atom. The zero-order valence-electron chi connectivity index (χ0n) is 14.8. The number of epoxide rings is 1. The van der Waals surface area contributed by atoms with Crippen molar-refractivity contribution < 1.29 is 34.3 Å². The Morgan fingerprint density at radius 2 is 1.84 bits per heavy atom. The molecule has 2 heterocycles. The summed E-state index contributed by atoms with van der Waals surface area (Å²) in [5.74, 6) is 5.06. The van der Waals surface area contributed by atoms with Gasteiger partial charge in [-0.15, -0.1) is 0 Å². The van der Waals surface area contributed by atoms with E-state index in [0.29, 0.717) is 5.57 Å². The molecule has 7 nitrogen and oxygen atoms in total. The molecule has 3 rings (SSSR count). The number of carbonyl (C=O) groups excluding carboxylic acids is 1. The fraction of sp³-hybridized carbons (Fsp3) is 0.722. The van der Waals surface area contributed by atoms with Gasteiger partial charge in [-0.3, -0.25) is 4.79 Å². The molecule has 0 spiro atoms. The maximum Gasteiger partial charge on any atom is 0.303 e. The largest absolute Gasteiger partial charge is 0.459 e. The Morgan fingerprint density at radius 1 is 1.20 bits per heavy atom. The second-order valence-electron chi connectivity index (χ2n) is 7.69. The Balaban J connectivity index is 1.95. The molecule has 1 saturated carbocycles. The van der Waals surface area contributed by atoms with Crippen LogP contribution in [-0.2, 0) is 19.0 Å². The van der Waals surface area contributed by atoms with Gasteiger partial charge in [0.1, 0.15) is 41.7 Å². The molecule has 0 amide bonds. The van der Waals surface area contributed by atoms with Crippen molar-refractivity contribution >= 4 is 5.97 Å². The second kappa shape index (κ2) is 5.53. The van der Waals surface area contributed by atoms with E-state index >= 15 is 0 Å². The highest BCUT2D eigenvalue weighted by atomic mass is 16.7. The summed E-state index contributed by atoms with van der Waals surface area (Å²) in [5.41, 5.74) is -3.42. The molecule has 3 aliphatic rings. The summed E-state index contributed by atoms with van der Waals surface area (Å²) < 4.78 is 16.9. The van der Waals surface area contributed by atoms with Crippen molar-refractivity contribution in [2.45, 2.75) is 81.4 Å². The average Bonchev–Trinajstić information content (AvgIpc) is 3.22. The first-order chi connectivity index (χ1) is 11.4. The molecule has 0 aromatic heterocycles. The smallest absolute Gasteiger partial charge is 0.303 e. The number of fused-ring (bicyclic) bond motifs is 3. The maximum absolute atomic E-state index is 11.4. The average molecular weight is 352 g/mol. The molecule has 2 aliphatic heterocycles. The van der Waals surface area contributed by atoms with Crippen LogP contribution >= 0.6 is 0 Å². The number of aliphatic hydroxyl groups is 3. The van der Waals surface area contributed by atoms with Gasteiger partial charge in [-0.25, -0.2) is 0 Å². The molecule has 7 unspecified atom stereocenters. The topological polar surface area (TPSA) is 109 Å².